The van der Waals surface area contributed by atoms with Crippen LogP contribution in [0.1, 0.15) is 12.8 Å². The van der Waals surface area contributed by atoms with Crippen LogP contribution in [0.4, 0.5) is 11.5 Å². The minimum absolute atomic E-state index is 0.0486. The van der Waals surface area contributed by atoms with E-state index < -0.39 is 0 Å². The highest BCUT2D eigenvalue weighted by atomic mass is 35.5. The van der Waals surface area contributed by atoms with Gasteiger partial charge in [-0.3, -0.25) is 4.79 Å². The fourth-order valence-corrected chi connectivity index (χ4v) is 5.05. The number of rotatable bonds is 4. The van der Waals surface area contributed by atoms with Crippen molar-refractivity contribution in [1.82, 2.24) is 14.9 Å². The van der Waals surface area contributed by atoms with Crippen LogP contribution < -0.4 is 14.5 Å². The highest BCUT2D eigenvalue weighted by molar-refractivity contribution is 6.33. The first-order valence-corrected chi connectivity index (χ1v) is 11.9. The lowest BCUT2D eigenvalue weighted by Gasteiger charge is -2.39. The number of methoxy groups -OCH3 is 1. The van der Waals surface area contributed by atoms with Crippen molar-refractivity contribution in [2.75, 3.05) is 56.2 Å². The molecule has 0 saturated carbocycles. The molecule has 0 aliphatic carbocycles. The third-order valence-corrected chi connectivity index (χ3v) is 6.96. The fraction of sp³-hybridized carbons (Fsp3) is 0.400. The first-order chi connectivity index (χ1) is 16.1. The van der Waals surface area contributed by atoms with Crippen LogP contribution >= 0.6 is 11.6 Å². The van der Waals surface area contributed by atoms with Gasteiger partial charge in [0, 0.05) is 45.2 Å². The molecule has 2 aliphatic heterocycles. The van der Waals surface area contributed by atoms with Gasteiger partial charge in [-0.2, -0.15) is 0 Å². The number of benzene rings is 2. The van der Waals surface area contributed by atoms with E-state index in [0.29, 0.717) is 5.88 Å². The summed E-state index contributed by atoms with van der Waals surface area (Å²) in [6.07, 6.45) is 1.61. The van der Waals surface area contributed by atoms with Crippen LogP contribution in [0, 0.1) is 5.92 Å². The van der Waals surface area contributed by atoms with E-state index in [2.05, 4.69) is 14.8 Å². The van der Waals surface area contributed by atoms with Crippen molar-refractivity contribution >= 4 is 40.0 Å². The molecule has 0 spiro atoms. The summed E-state index contributed by atoms with van der Waals surface area (Å²) in [7, 11) is 1.63. The second-order valence-electron chi connectivity index (χ2n) is 8.57. The Morgan fingerprint density at radius 1 is 0.879 bits per heavy atom. The highest BCUT2D eigenvalue weighted by Gasteiger charge is 2.32. The van der Waals surface area contributed by atoms with Crippen LogP contribution in [-0.2, 0) is 4.79 Å². The standard InChI is InChI=1S/C25H28ClN5O2/c1-33-24-23(27-20-7-3-4-8-21(20)28-24)30-12-10-18(11-13-30)25(32)31-16-14-29(15-17-31)22-9-5-2-6-19(22)26/h2-9,18H,10-17H2,1H3. The molecular weight excluding hydrogens is 438 g/mol. The number of carbonyl (C=O) groups excluding carboxylic acids is 1. The molecule has 2 aliphatic rings. The molecule has 3 aromatic rings. The molecule has 1 aromatic heterocycles. The van der Waals surface area contributed by atoms with Gasteiger partial charge >= 0.3 is 0 Å². The van der Waals surface area contributed by atoms with Gasteiger partial charge in [0.1, 0.15) is 0 Å². The maximum absolute atomic E-state index is 13.2. The SMILES string of the molecule is COc1nc2ccccc2nc1N1CCC(C(=O)N2CCN(c3ccccc3Cl)CC2)CC1. The summed E-state index contributed by atoms with van der Waals surface area (Å²) in [6, 6.07) is 15.7. The van der Waals surface area contributed by atoms with E-state index in [4.69, 9.17) is 21.3 Å². The van der Waals surface area contributed by atoms with Gasteiger partial charge in [-0.25, -0.2) is 9.97 Å². The summed E-state index contributed by atoms with van der Waals surface area (Å²) < 4.78 is 5.53. The van der Waals surface area contributed by atoms with Crippen LogP contribution in [0.2, 0.25) is 5.02 Å². The Kier molecular flexibility index (Phi) is 6.22. The smallest absolute Gasteiger partial charge is 0.257 e. The Morgan fingerprint density at radius 2 is 1.52 bits per heavy atom. The molecule has 7 nitrogen and oxygen atoms in total. The summed E-state index contributed by atoms with van der Waals surface area (Å²) in [6.45, 7) is 4.59. The first kappa shape index (κ1) is 21.8. The number of hydrogen-bond acceptors (Lipinski definition) is 6. The molecule has 0 unspecified atom stereocenters. The average molecular weight is 466 g/mol. The molecule has 2 saturated heterocycles. The molecule has 8 heteroatoms. The van der Waals surface area contributed by atoms with Crippen molar-refractivity contribution < 1.29 is 9.53 Å². The molecule has 1 amide bonds. The van der Waals surface area contributed by atoms with E-state index in [1.807, 2.05) is 53.4 Å². The molecule has 2 aromatic carbocycles. The second-order valence-corrected chi connectivity index (χ2v) is 8.98. The van der Waals surface area contributed by atoms with E-state index in [0.717, 1.165) is 79.7 Å². The molecule has 3 heterocycles. The van der Waals surface area contributed by atoms with E-state index in [1.165, 1.54) is 0 Å². The number of hydrogen-bond donors (Lipinski definition) is 0. The van der Waals surface area contributed by atoms with Crippen molar-refractivity contribution in [1.29, 1.82) is 0 Å². The van der Waals surface area contributed by atoms with E-state index in [-0.39, 0.29) is 11.8 Å². The summed E-state index contributed by atoms with van der Waals surface area (Å²) in [4.78, 5) is 29.1. The molecule has 0 radical (unpaired) electrons. The van der Waals surface area contributed by atoms with Crippen LogP contribution in [-0.4, -0.2) is 67.2 Å². The normalized spacial score (nSPS) is 17.5. The van der Waals surface area contributed by atoms with E-state index in [9.17, 15) is 4.79 Å². The van der Waals surface area contributed by atoms with Crippen molar-refractivity contribution in [2.45, 2.75) is 12.8 Å². The van der Waals surface area contributed by atoms with Gasteiger partial charge in [-0.15, -0.1) is 0 Å². The van der Waals surface area contributed by atoms with Gasteiger partial charge in [0.25, 0.3) is 5.88 Å². The number of piperazine rings is 1. The van der Waals surface area contributed by atoms with Gasteiger partial charge in [-0.05, 0) is 37.1 Å². The molecule has 5 rings (SSSR count). The fourth-order valence-electron chi connectivity index (χ4n) is 4.79. The molecule has 172 valence electrons. The Bertz CT molecular complexity index is 1140. The number of ether oxygens (including phenoxy) is 1. The van der Waals surface area contributed by atoms with E-state index in [1.54, 1.807) is 7.11 Å². The molecule has 0 bridgehead atoms. The van der Waals surface area contributed by atoms with Crippen LogP contribution in [0.5, 0.6) is 5.88 Å². The number of anilines is 2. The van der Waals surface area contributed by atoms with Gasteiger partial charge in [0.15, 0.2) is 5.82 Å². The van der Waals surface area contributed by atoms with Crippen molar-refractivity contribution in [3.63, 3.8) is 0 Å². The van der Waals surface area contributed by atoms with Crippen LogP contribution in [0.3, 0.4) is 0 Å². The van der Waals surface area contributed by atoms with E-state index >= 15 is 0 Å². The minimum Gasteiger partial charge on any atom is -0.478 e. The lowest BCUT2D eigenvalue weighted by Crippen LogP contribution is -2.51. The predicted octanol–water partition coefficient (Wildman–Crippen LogP) is 3.86. The number of amides is 1. The minimum atomic E-state index is 0.0486. The van der Waals surface area contributed by atoms with Gasteiger partial charge < -0.3 is 19.4 Å². The Morgan fingerprint density at radius 3 is 2.18 bits per heavy atom. The zero-order chi connectivity index (χ0) is 22.8. The van der Waals surface area contributed by atoms with Crippen molar-refractivity contribution in [2.24, 2.45) is 5.92 Å². The molecule has 33 heavy (non-hydrogen) atoms. The number of aromatic nitrogens is 2. The van der Waals surface area contributed by atoms with Crippen LogP contribution in [0.15, 0.2) is 48.5 Å². The third kappa shape index (κ3) is 4.42. The van der Waals surface area contributed by atoms with Gasteiger partial charge in [-0.1, -0.05) is 35.9 Å². The lowest BCUT2D eigenvalue weighted by molar-refractivity contribution is -0.136. The Hall–Kier alpha value is -3.06. The summed E-state index contributed by atoms with van der Waals surface area (Å²) >= 11 is 6.35. The quantitative estimate of drug-likeness (QED) is 0.583. The predicted molar refractivity (Wildman–Crippen MR) is 131 cm³/mol. The monoisotopic (exact) mass is 465 g/mol. The maximum atomic E-state index is 13.2. The zero-order valence-electron chi connectivity index (χ0n) is 18.8. The lowest BCUT2D eigenvalue weighted by atomic mass is 9.95. The van der Waals surface area contributed by atoms with Crippen molar-refractivity contribution in [3.05, 3.63) is 53.6 Å². The Labute approximate surface area is 198 Å². The number of nitrogens with zero attached hydrogens (tertiary/aromatic N) is 5. The van der Waals surface area contributed by atoms with Gasteiger partial charge in [0.2, 0.25) is 5.91 Å². The molecule has 0 N–H and O–H groups in total. The van der Waals surface area contributed by atoms with Gasteiger partial charge in [0.05, 0.1) is 28.9 Å². The highest BCUT2D eigenvalue weighted by Crippen LogP contribution is 2.31. The topological polar surface area (TPSA) is 61.8 Å². The third-order valence-electron chi connectivity index (χ3n) is 6.64. The summed E-state index contributed by atoms with van der Waals surface area (Å²) in [5, 5.41) is 0.761. The molecular formula is C25H28ClN5O2. The number of piperidine rings is 1. The number of halogens is 1. The molecule has 0 atom stereocenters. The maximum Gasteiger partial charge on any atom is 0.257 e. The molecule has 2 fully saturated rings. The largest absolute Gasteiger partial charge is 0.478 e. The second kappa shape index (κ2) is 9.43. The number of fused-ring (bicyclic) bond motifs is 1. The average Bonchev–Trinajstić information content (AvgIpc) is 2.88. The first-order valence-electron chi connectivity index (χ1n) is 11.5. The summed E-state index contributed by atoms with van der Waals surface area (Å²) in [5.41, 5.74) is 2.71. The van der Waals surface area contributed by atoms with Crippen LogP contribution in [0.25, 0.3) is 11.0 Å². The Balaban J connectivity index is 1.20. The zero-order valence-corrected chi connectivity index (χ0v) is 19.5. The number of para-hydroxylation sites is 3. The summed E-state index contributed by atoms with van der Waals surface area (Å²) in [5.74, 6) is 1.61. The van der Waals surface area contributed by atoms with Crippen molar-refractivity contribution in [3.8, 4) is 5.88 Å². The number of carbonyl (C=O) groups is 1.